The van der Waals surface area contributed by atoms with Crippen molar-refractivity contribution < 1.29 is 41.0 Å². The maximum Gasteiger partial charge on any atom is 0.421 e. The second-order valence-corrected chi connectivity index (χ2v) is 9.95. The first-order chi connectivity index (χ1) is 12.0. The van der Waals surface area contributed by atoms with Crippen LogP contribution in [0.4, 0.5) is 18.0 Å². The Labute approximate surface area is 156 Å². The summed E-state index contributed by atoms with van der Waals surface area (Å²) in [5, 5.41) is 9.52. The average molecular weight is 417 g/mol. The molecule has 1 heterocycles. The molecule has 1 amide bonds. The minimum atomic E-state index is -4.78. The van der Waals surface area contributed by atoms with Crippen molar-refractivity contribution in [2.75, 3.05) is 5.75 Å². The van der Waals surface area contributed by atoms with Crippen molar-refractivity contribution in [2.45, 2.75) is 71.9 Å². The standard InChI is InChI=1S/C16H26F3NO6S/c1-9-8-11(26-12(9)10(2)21)13(15(3,4)5)20(14(22)23)27(24,25)7-6-16(17,18)19/h9,11-13H,6-8H2,1-5H3,(H,22,23). The fourth-order valence-electron chi connectivity index (χ4n) is 3.38. The van der Waals surface area contributed by atoms with Crippen molar-refractivity contribution in [3.05, 3.63) is 0 Å². The van der Waals surface area contributed by atoms with E-state index in [1.54, 1.807) is 27.7 Å². The molecule has 0 aromatic rings. The highest BCUT2D eigenvalue weighted by Gasteiger charge is 2.50. The zero-order valence-corrected chi connectivity index (χ0v) is 16.7. The van der Waals surface area contributed by atoms with E-state index in [2.05, 4.69) is 0 Å². The molecule has 0 aromatic heterocycles. The molecular weight excluding hydrogens is 391 g/mol. The molecule has 4 unspecified atom stereocenters. The molecule has 0 bridgehead atoms. The van der Waals surface area contributed by atoms with Gasteiger partial charge in [0.2, 0.25) is 10.0 Å². The van der Waals surface area contributed by atoms with Gasteiger partial charge in [0.1, 0.15) is 6.10 Å². The molecule has 7 nitrogen and oxygen atoms in total. The smallest absolute Gasteiger partial charge is 0.421 e. The van der Waals surface area contributed by atoms with Crippen molar-refractivity contribution in [3.8, 4) is 0 Å². The molecular formula is C16H26F3NO6S. The summed E-state index contributed by atoms with van der Waals surface area (Å²) < 4.78 is 68.2. The van der Waals surface area contributed by atoms with Crippen LogP contribution in [0.15, 0.2) is 0 Å². The molecule has 1 fully saturated rings. The number of carboxylic acid groups (broad SMARTS) is 1. The first-order valence-corrected chi connectivity index (χ1v) is 10.1. The number of ketones is 1. The summed E-state index contributed by atoms with van der Waals surface area (Å²) in [6.07, 6.45) is -9.82. The molecule has 0 radical (unpaired) electrons. The van der Waals surface area contributed by atoms with E-state index in [4.69, 9.17) is 4.74 Å². The molecule has 158 valence electrons. The van der Waals surface area contributed by atoms with Gasteiger partial charge in [-0.3, -0.25) is 4.79 Å². The first-order valence-electron chi connectivity index (χ1n) is 8.45. The largest absolute Gasteiger partial charge is 0.464 e. The van der Waals surface area contributed by atoms with Crippen LogP contribution in [-0.2, 0) is 19.6 Å². The Morgan fingerprint density at radius 3 is 2.11 bits per heavy atom. The highest BCUT2D eigenvalue weighted by Crippen LogP contribution is 2.39. The van der Waals surface area contributed by atoms with E-state index in [9.17, 15) is 36.3 Å². The normalized spacial score (nSPS) is 25.3. The van der Waals surface area contributed by atoms with Crippen LogP contribution >= 0.6 is 0 Å². The van der Waals surface area contributed by atoms with Crippen molar-refractivity contribution in [1.82, 2.24) is 4.31 Å². The van der Waals surface area contributed by atoms with E-state index in [1.807, 2.05) is 0 Å². The van der Waals surface area contributed by atoms with Crippen LogP contribution in [0.3, 0.4) is 0 Å². The summed E-state index contributed by atoms with van der Waals surface area (Å²) in [5.41, 5.74) is -0.972. The average Bonchev–Trinajstić information content (AvgIpc) is 2.81. The maximum atomic E-state index is 12.5. The molecule has 1 N–H and O–H groups in total. The summed E-state index contributed by atoms with van der Waals surface area (Å²) in [6.45, 7) is 7.74. The zero-order chi connectivity index (χ0) is 21.4. The number of amides is 1. The Balaban J connectivity index is 3.30. The van der Waals surface area contributed by atoms with Gasteiger partial charge in [0.15, 0.2) is 5.78 Å². The van der Waals surface area contributed by atoms with Crippen LogP contribution in [0.2, 0.25) is 0 Å². The lowest BCUT2D eigenvalue weighted by Crippen LogP contribution is -2.56. The summed E-state index contributed by atoms with van der Waals surface area (Å²) in [6, 6.07) is -1.28. The number of carbonyl (C=O) groups is 2. The zero-order valence-electron chi connectivity index (χ0n) is 15.9. The second-order valence-electron chi connectivity index (χ2n) is 7.99. The third kappa shape index (κ3) is 6.06. The number of sulfonamides is 1. The molecule has 11 heteroatoms. The number of Topliss-reactive ketones (excluding diaryl/α,β-unsaturated/α-hetero) is 1. The van der Waals surface area contributed by atoms with Crippen LogP contribution in [-0.4, -0.2) is 59.9 Å². The topological polar surface area (TPSA) is 101 Å². The van der Waals surface area contributed by atoms with Crippen LogP contribution in [0.5, 0.6) is 0 Å². The molecule has 4 atom stereocenters. The van der Waals surface area contributed by atoms with Crippen LogP contribution in [0, 0.1) is 11.3 Å². The third-order valence-corrected chi connectivity index (χ3v) is 6.17. The SMILES string of the molecule is CC(=O)C1OC(C(N(C(=O)O)S(=O)(=O)CCC(F)(F)F)C(C)(C)C)CC1C. The quantitative estimate of drug-likeness (QED) is 0.713. The van der Waals surface area contributed by atoms with Gasteiger partial charge in [-0.2, -0.15) is 17.5 Å². The third-order valence-electron chi connectivity index (χ3n) is 4.47. The molecule has 1 aliphatic heterocycles. The summed E-state index contributed by atoms with van der Waals surface area (Å²) >= 11 is 0. The van der Waals surface area contributed by atoms with E-state index in [0.717, 1.165) is 0 Å². The minimum absolute atomic E-state index is 0.0820. The predicted molar refractivity (Wildman–Crippen MR) is 90.7 cm³/mol. The first kappa shape index (κ1) is 23.7. The van der Waals surface area contributed by atoms with Crippen molar-refractivity contribution in [3.63, 3.8) is 0 Å². The van der Waals surface area contributed by atoms with Gasteiger partial charge in [-0.05, 0) is 24.7 Å². The van der Waals surface area contributed by atoms with Crippen molar-refractivity contribution in [2.24, 2.45) is 11.3 Å². The van der Waals surface area contributed by atoms with Crippen LogP contribution < -0.4 is 0 Å². The number of alkyl halides is 3. The molecule has 27 heavy (non-hydrogen) atoms. The van der Waals surface area contributed by atoms with E-state index < -0.39 is 58.1 Å². The second kappa shape index (κ2) is 7.94. The van der Waals surface area contributed by atoms with Gasteiger partial charge in [-0.1, -0.05) is 27.7 Å². The van der Waals surface area contributed by atoms with Crippen LogP contribution in [0.25, 0.3) is 0 Å². The van der Waals surface area contributed by atoms with E-state index in [0.29, 0.717) is 0 Å². The molecule has 1 aliphatic rings. The van der Waals surface area contributed by atoms with E-state index >= 15 is 0 Å². The Kier molecular flexibility index (Phi) is 6.96. The summed E-state index contributed by atoms with van der Waals surface area (Å²) in [5.74, 6) is -1.93. The number of hydrogen-bond acceptors (Lipinski definition) is 5. The lowest BCUT2D eigenvalue weighted by atomic mass is 9.81. The fraction of sp³-hybridized carbons (Fsp3) is 0.875. The molecule has 0 aliphatic carbocycles. The minimum Gasteiger partial charge on any atom is -0.464 e. The molecule has 1 saturated heterocycles. The number of rotatable bonds is 6. The van der Waals surface area contributed by atoms with Gasteiger partial charge >= 0.3 is 12.3 Å². The lowest BCUT2D eigenvalue weighted by molar-refractivity contribution is -0.132. The molecule has 1 rings (SSSR count). The number of hydrogen-bond donors (Lipinski definition) is 1. The number of nitrogens with zero attached hydrogens (tertiary/aromatic N) is 1. The van der Waals surface area contributed by atoms with Crippen molar-refractivity contribution >= 4 is 21.9 Å². The number of ether oxygens (including phenoxy) is 1. The van der Waals surface area contributed by atoms with Gasteiger partial charge in [0.25, 0.3) is 0 Å². The van der Waals surface area contributed by atoms with Crippen LogP contribution in [0.1, 0.15) is 47.5 Å². The van der Waals surface area contributed by atoms with Gasteiger partial charge in [-0.25, -0.2) is 13.2 Å². The molecule has 0 spiro atoms. The van der Waals surface area contributed by atoms with E-state index in [1.165, 1.54) is 6.92 Å². The number of carbonyl (C=O) groups excluding carboxylic acids is 1. The Morgan fingerprint density at radius 1 is 1.26 bits per heavy atom. The fourth-order valence-corrected chi connectivity index (χ4v) is 5.10. The molecule has 0 aromatic carbocycles. The Hall–Kier alpha value is -1.36. The summed E-state index contributed by atoms with van der Waals surface area (Å²) in [7, 11) is -4.78. The number of halogens is 3. The van der Waals surface area contributed by atoms with E-state index in [-0.39, 0.29) is 22.4 Å². The summed E-state index contributed by atoms with van der Waals surface area (Å²) in [4.78, 5) is 23.4. The molecule has 0 saturated carbocycles. The van der Waals surface area contributed by atoms with Crippen molar-refractivity contribution in [1.29, 1.82) is 0 Å². The highest BCUT2D eigenvalue weighted by molar-refractivity contribution is 7.89. The van der Waals surface area contributed by atoms with Gasteiger partial charge in [-0.15, -0.1) is 0 Å². The lowest BCUT2D eigenvalue weighted by Gasteiger charge is -2.41. The monoisotopic (exact) mass is 417 g/mol. The predicted octanol–water partition coefficient (Wildman–Crippen LogP) is 3.05. The Morgan fingerprint density at radius 2 is 1.78 bits per heavy atom. The van der Waals surface area contributed by atoms with Gasteiger partial charge in [0.05, 0.1) is 24.3 Å². The Bertz CT molecular complexity index is 671. The highest BCUT2D eigenvalue weighted by atomic mass is 32.2. The van der Waals surface area contributed by atoms with Gasteiger partial charge < -0.3 is 9.84 Å². The maximum absolute atomic E-state index is 12.5. The van der Waals surface area contributed by atoms with Gasteiger partial charge in [0, 0.05) is 0 Å².